The lowest BCUT2D eigenvalue weighted by molar-refractivity contribution is -0.387. The summed E-state index contributed by atoms with van der Waals surface area (Å²) in [4.78, 5) is 25.1. The van der Waals surface area contributed by atoms with E-state index in [0.29, 0.717) is 19.2 Å². The van der Waals surface area contributed by atoms with Gasteiger partial charge in [0.05, 0.1) is 10.5 Å². The van der Waals surface area contributed by atoms with Crippen molar-refractivity contribution in [3.8, 4) is 0 Å². The van der Waals surface area contributed by atoms with Crippen molar-refractivity contribution < 1.29 is 27.3 Å². The van der Waals surface area contributed by atoms with Crippen LogP contribution < -0.4 is 4.90 Å². The number of benzene rings is 2. The summed E-state index contributed by atoms with van der Waals surface area (Å²) in [6.45, 7) is 0.931. The van der Waals surface area contributed by atoms with Gasteiger partial charge >= 0.3 is 5.69 Å². The number of nitrogens with zero attached hydrogens (tertiary/aromatic N) is 3. The third-order valence-corrected chi connectivity index (χ3v) is 4.31. The Morgan fingerprint density at radius 1 is 0.926 bits per heavy atom. The first kappa shape index (κ1) is 18.6. The highest BCUT2D eigenvalue weighted by molar-refractivity contribution is 5.95. The summed E-state index contributed by atoms with van der Waals surface area (Å²) in [5, 5.41) is 10.8. The number of piperazine rings is 1. The topological polar surface area (TPSA) is 66.7 Å². The van der Waals surface area contributed by atoms with Crippen LogP contribution in [0.4, 0.5) is 28.9 Å². The minimum Gasteiger partial charge on any atom is -0.368 e. The van der Waals surface area contributed by atoms with E-state index in [1.165, 1.54) is 17.0 Å². The summed E-state index contributed by atoms with van der Waals surface area (Å²) in [6.07, 6.45) is 0. The number of carbonyl (C=O) groups is 1. The number of carbonyl (C=O) groups excluding carboxylic acids is 1. The molecule has 3 rings (SSSR count). The maximum atomic E-state index is 14.0. The van der Waals surface area contributed by atoms with Gasteiger partial charge in [0.2, 0.25) is 11.6 Å². The molecule has 0 N–H and O–H groups in total. The van der Waals surface area contributed by atoms with E-state index in [0.717, 1.165) is 5.69 Å². The zero-order chi connectivity index (χ0) is 19.7. The van der Waals surface area contributed by atoms with E-state index in [-0.39, 0.29) is 18.9 Å². The Morgan fingerprint density at radius 3 is 2.07 bits per heavy atom. The summed E-state index contributed by atoms with van der Waals surface area (Å²) >= 11 is 0. The van der Waals surface area contributed by atoms with Crippen molar-refractivity contribution in [1.29, 1.82) is 0 Å². The van der Waals surface area contributed by atoms with Crippen LogP contribution >= 0.6 is 0 Å². The number of anilines is 1. The number of rotatable bonds is 3. The van der Waals surface area contributed by atoms with Crippen molar-refractivity contribution in [2.75, 3.05) is 31.1 Å². The van der Waals surface area contributed by atoms with Crippen LogP contribution in [0.15, 0.2) is 30.3 Å². The number of amides is 1. The molecule has 0 radical (unpaired) electrons. The first-order chi connectivity index (χ1) is 12.8. The Kier molecular flexibility index (Phi) is 4.98. The molecule has 0 atom stereocenters. The molecule has 142 valence electrons. The summed E-state index contributed by atoms with van der Waals surface area (Å²) in [6, 6.07) is 6.14. The van der Waals surface area contributed by atoms with Crippen molar-refractivity contribution >= 4 is 17.3 Å². The largest absolute Gasteiger partial charge is 0.368 e. The van der Waals surface area contributed by atoms with E-state index < -0.39 is 39.5 Å². The molecule has 27 heavy (non-hydrogen) atoms. The van der Waals surface area contributed by atoms with Gasteiger partial charge in [-0.05, 0) is 24.3 Å². The molecule has 0 aromatic heterocycles. The van der Waals surface area contributed by atoms with Crippen LogP contribution in [0.3, 0.4) is 0 Å². The Morgan fingerprint density at radius 2 is 1.52 bits per heavy atom. The van der Waals surface area contributed by atoms with E-state index in [4.69, 9.17) is 0 Å². The van der Waals surface area contributed by atoms with Gasteiger partial charge in [0.25, 0.3) is 5.91 Å². The number of nitro benzene ring substituents is 1. The molecule has 0 unspecified atom stereocenters. The second kappa shape index (κ2) is 7.22. The average molecular weight is 383 g/mol. The Labute approximate surface area is 150 Å². The maximum absolute atomic E-state index is 14.0. The van der Waals surface area contributed by atoms with Crippen molar-refractivity contribution in [3.63, 3.8) is 0 Å². The SMILES string of the molecule is O=C(c1cc([N+](=O)[O-])c(F)c(F)c1F)N1CCN(c2ccc(F)cc2)CC1. The molecular weight excluding hydrogens is 370 g/mol. The Hall–Kier alpha value is -3.17. The smallest absolute Gasteiger partial charge is 0.308 e. The number of hydrogen-bond donors (Lipinski definition) is 0. The molecule has 1 aliphatic heterocycles. The van der Waals surface area contributed by atoms with E-state index >= 15 is 0 Å². The molecule has 6 nitrogen and oxygen atoms in total. The third kappa shape index (κ3) is 3.55. The molecule has 1 saturated heterocycles. The lowest BCUT2D eigenvalue weighted by Crippen LogP contribution is -2.49. The van der Waals surface area contributed by atoms with Gasteiger partial charge in [0, 0.05) is 37.9 Å². The summed E-state index contributed by atoms with van der Waals surface area (Å²) in [5.41, 5.74) is -1.46. The lowest BCUT2D eigenvalue weighted by atomic mass is 10.1. The van der Waals surface area contributed by atoms with E-state index in [1.807, 2.05) is 4.90 Å². The van der Waals surface area contributed by atoms with E-state index in [9.17, 15) is 32.5 Å². The standard InChI is InChI=1S/C17H13F4N3O3/c18-10-1-3-11(4-2-10)22-5-7-23(8-6-22)17(25)12-9-13(24(26)27)15(20)16(21)14(12)19/h1-4,9H,5-8H2. The predicted molar refractivity (Wildman–Crippen MR) is 87.5 cm³/mol. The quantitative estimate of drug-likeness (QED) is 0.354. The first-order valence-corrected chi connectivity index (χ1v) is 7.91. The molecule has 1 amide bonds. The van der Waals surface area contributed by atoms with Gasteiger partial charge < -0.3 is 9.80 Å². The molecule has 2 aromatic carbocycles. The highest BCUT2D eigenvalue weighted by Gasteiger charge is 2.31. The molecule has 1 heterocycles. The van der Waals surface area contributed by atoms with Crippen LogP contribution in [-0.4, -0.2) is 41.9 Å². The number of hydrogen-bond acceptors (Lipinski definition) is 4. The molecule has 2 aromatic rings. The van der Waals surface area contributed by atoms with Crippen LogP contribution in [-0.2, 0) is 0 Å². The molecule has 1 fully saturated rings. The van der Waals surface area contributed by atoms with Gasteiger partial charge in [0.1, 0.15) is 5.82 Å². The van der Waals surface area contributed by atoms with E-state index in [2.05, 4.69) is 0 Å². The molecular formula is C17H13F4N3O3. The van der Waals surface area contributed by atoms with Gasteiger partial charge in [-0.3, -0.25) is 14.9 Å². The van der Waals surface area contributed by atoms with Crippen LogP contribution in [0.2, 0.25) is 0 Å². The predicted octanol–water partition coefficient (Wildman–Crippen LogP) is 3.11. The van der Waals surface area contributed by atoms with Gasteiger partial charge in [-0.2, -0.15) is 4.39 Å². The summed E-state index contributed by atoms with van der Waals surface area (Å²) in [7, 11) is 0. The molecule has 0 saturated carbocycles. The Balaban J connectivity index is 1.78. The maximum Gasteiger partial charge on any atom is 0.308 e. The minimum atomic E-state index is -2.06. The van der Waals surface area contributed by atoms with Gasteiger partial charge in [0.15, 0.2) is 5.82 Å². The lowest BCUT2D eigenvalue weighted by Gasteiger charge is -2.36. The highest BCUT2D eigenvalue weighted by Crippen LogP contribution is 2.27. The fourth-order valence-electron chi connectivity index (χ4n) is 2.87. The molecule has 0 bridgehead atoms. The van der Waals surface area contributed by atoms with Crippen LogP contribution in [0.1, 0.15) is 10.4 Å². The second-order valence-electron chi connectivity index (χ2n) is 5.90. The first-order valence-electron chi connectivity index (χ1n) is 7.91. The zero-order valence-corrected chi connectivity index (χ0v) is 13.8. The van der Waals surface area contributed by atoms with Crippen LogP contribution in [0.5, 0.6) is 0 Å². The second-order valence-corrected chi connectivity index (χ2v) is 5.90. The Bertz CT molecular complexity index is 897. The van der Waals surface area contributed by atoms with Crippen LogP contribution in [0.25, 0.3) is 0 Å². The van der Waals surface area contributed by atoms with Gasteiger partial charge in [-0.25, -0.2) is 13.2 Å². The summed E-state index contributed by atoms with van der Waals surface area (Å²) in [5.74, 6) is -7.12. The average Bonchev–Trinajstić information content (AvgIpc) is 2.66. The molecule has 0 aliphatic carbocycles. The zero-order valence-electron chi connectivity index (χ0n) is 13.8. The summed E-state index contributed by atoms with van der Waals surface area (Å²) < 4.78 is 54.0. The van der Waals surface area contributed by atoms with E-state index in [1.54, 1.807) is 12.1 Å². The fourth-order valence-corrected chi connectivity index (χ4v) is 2.87. The normalized spacial score (nSPS) is 14.4. The molecule has 0 spiro atoms. The highest BCUT2D eigenvalue weighted by atomic mass is 19.2. The minimum absolute atomic E-state index is 0.127. The van der Waals surface area contributed by atoms with Crippen molar-refractivity contribution in [2.24, 2.45) is 0 Å². The van der Waals surface area contributed by atoms with Crippen LogP contribution in [0, 0.1) is 33.4 Å². The number of nitro groups is 1. The fraction of sp³-hybridized carbons (Fsp3) is 0.235. The van der Waals surface area contributed by atoms with Crippen molar-refractivity contribution in [1.82, 2.24) is 4.90 Å². The monoisotopic (exact) mass is 383 g/mol. The van der Waals surface area contributed by atoms with Crippen molar-refractivity contribution in [2.45, 2.75) is 0 Å². The van der Waals surface area contributed by atoms with Gasteiger partial charge in [-0.15, -0.1) is 0 Å². The van der Waals surface area contributed by atoms with Crippen molar-refractivity contribution in [3.05, 3.63) is 69.3 Å². The molecule has 10 heteroatoms. The molecule has 1 aliphatic rings. The number of halogens is 4. The third-order valence-electron chi connectivity index (χ3n) is 4.31. The van der Waals surface area contributed by atoms with Gasteiger partial charge in [-0.1, -0.05) is 0 Å².